The van der Waals surface area contributed by atoms with Crippen molar-refractivity contribution in [3.8, 4) is 17.0 Å². The number of carbonyl (C=O) groups is 2. The molecule has 1 aromatic heterocycles. The van der Waals surface area contributed by atoms with E-state index in [0.717, 1.165) is 27.5 Å². The van der Waals surface area contributed by atoms with Gasteiger partial charge in [-0.25, -0.2) is 4.98 Å². The molecule has 0 radical (unpaired) electrons. The summed E-state index contributed by atoms with van der Waals surface area (Å²) in [5, 5.41) is 8.51. The topological polar surface area (TPSA) is 80.3 Å². The lowest BCUT2D eigenvalue weighted by Gasteiger charge is -2.11. The highest BCUT2D eigenvalue weighted by molar-refractivity contribution is 8.00. The fourth-order valence-corrected chi connectivity index (χ4v) is 5.09. The van der Waals surface area contributed by atoms with Crippen molar-refractivity contribution in [3.05, 3.63) is 88.8 Å². The predicted octanol–water partition coefficient (Wildman–Crippen LogP) is 6.77. The van der Waals surface area contributed by atoms with E-state index in [-0.39, 0.29) is 23.5 Å². The van der Waals surface area contributed by atoms with Crippen LogP contribution in [0.15, 0.2) is 83.1 Å². The summed E-state index contributed by atoms with van der Waals surface area (Å²) in [5.74, 6) is 0.483. The Morgan fingerprint density at radius 1 is 1.03 bits per heavy atom. The van der Waals surface area contributed by atoms with Gasteiger partial charge in [-0.1, -0.05) is 35.9 Å². The molecule has 0 saturated carbocycles. The highest BCUT2D eigenvalue weighted by Crippen LogP contribution is 2.32. The summed E-state index contributed by atoms with van der Waals surface area (Å²) in [6, 6.07) is 22.2. The number of nitrogens with zero attached hydrogens (tertiary/aromatic N) is 1. The molecule has 2 amide bonds. The van der Waals surface area contributed by atoms with Gasteiger partial charge in [0, 0.05) is 26.5 Å². The normalized spacial score (nSPS) is 11.5. The molecule has 0 spiro atoms. The Balaban J connectivity index is 1.29. The maximum Gasteiger partial charge on any atom is 0.239 e. The van der Waals surface area contributed by atoms with Crippen LogP contribution in [0.4, 0.5) is 10.8 Å². The van der Waals surface area contributed by atoms with Crippen LogP contribution < -0.4 is 15.4 Å². The van der Waals surface area contributed by atoms with Crippen LogP contribution in [0.3, 0.4) is 0 Å². The minimum atomic E-state index is -0.339. The number of carbonyl (C=O) groups excluding carboxylic acids is 2. The highest BCUT2D eigenvalue weighted by Gasteiger charge is 2.17. The SMILES string of the molecule is COc1ccccc1-c1csc(NC(=O)C(C)Sc2ccc(NC(=O)Cc3ccc(Cl)cc3)cc2)n1. The summed E-state index contributed by atoms with van der Waals surface area (Å²) in [5.41, 5.74) is 3.21. The molecule has 0 aliphatic carbocycles. The van der Waals surface area contributed by atoms with E-state index in [1.165, 1.54) is 23.1 Å². The fraction of sp³-hybridized carbons (Fsp3) is 0.148. The zero-order valence-electron chi connectivity index (χ0n) is 19.7. The van der Waals surface area contributed by atoms with Gasteiger partial charge < -0.3 is 15.4 Å². The zero-order valence-corrected chi connectivity index (χ0v) is 22.0. The zero-order chi connectivity index (χ0) is 25.5. The Hall–Kier alpha value is -3.33. The summed E-state index contributed by atoms with van der Waals surface area (Å²) in [4.78, 5) is 30.5. The maximum absolute atomic E-state index is 12.7. The number of thiazole rings is 1. The number of hydrogen-bond acceptors (Lipinski definition) is 6. The fourth-order valence-electron chi connectivity index (χ4n) is 3.39. The first-order valence-electron chi connectivity index (χ1n) is 11.1. The first-order chi connectivity index (χ1) is 17.4. The third-order valence-corrected chi connectivity index (χ3v) is 7.34. The summed E-state index contributed by atoms with van der Waals surface area (Å²) in [7, 11) is 1.62. The van der Waals surface area contributed by atoms with Crippen molar-refractivity contribution >= 4 is 57.3 Å². The second kappa shape index (κ2) is 12.1. The monoisotopic (exact) mass is 537 g/mol. The van der Waals surface area contributed by atoms with Crippen LogP contribution in [0.2, 0.25) is 5.02 Å². The van der Waals surface area contributed by atoms with Crippen molar-refractivity contribution in [1.82, 2.24) is 4.98 Å². The molecule has 1 atom stereocenters. The van der Waals surface area contributed by atoms with E-state index in [1.54, 1.807) is 19.2 Å². The lowest BCUT2D eigenvalue weighted by molar-refractivity contribution is -0.116. The van der Waals surface area contributed by atoms with Gasteiger partial charge in [0.15, 0.2) is 5.13 Å². The van der Waals surface area contributed by atoms with E-state index < -0.39 is 0 Å². The Labute approximate surface area is 223 Å². The summed E-state index contributed by atoms with van der Waals surface area (Å²) in [6.45, 7) is 1.84. The van der Waals surface area contributed by atoms with Gasteiger partial charge in [0.1, 0.15) is 5.75 Å². The molecule has 9 heteroatoms. The quantitative estimate of drug-likeness (QED) is 0.230. The average Bonchev–Trinajstić information content (AvgIpc) is 3.34. The van der Waals surface area contributed by atoms with E-state index in [4.69, 9.17) is 16.3 Å². The third-order valence-electron chi connectivity index (χ3n) is 5.22. The number of para-hydroxylation sites is 1. The summed E-state index contributed by atoms with van der Waals surface area (Å²) in [6.07, 6.45) is 0.264. The molecule has 0 aliphatic rings. The van der Waals surface area contributed by atoms with Gasteiger partial charge in [-0.3, -0.25) is 9.59 Å². The van der Waals surface area contributed by atoms with Gasteiger partial charge in [0.25, 0.3) is 0 Å². The van der Waals surface area contributed by atoms with Crippen LogP contribution in [0.5, 0.6) is 5.75 Å². The van der Waals surface area contributed by atoms with E-state index in [0.29, 0.717) is 15.8 Å². The van der Waals surface area contributed by atoms with Gasteiger partial charge in [0.2, 0.25) is 11.8 Å². The summed E-state index contributed by atoms with van der Waals surface area (Å²) >= 11 is 8.69. The smallest absolute Gasteiger partial charge is 0.239 e. The molecule has 2 N–H and O–H groups in total. The Morgan fingerprint density at radius 3 is 2.47 bits per heavy atom. The number of halogens is 1. The van der Waals surface area contributed by atoms with Gasteiger partial charge >= 0.3 is 0 Å². The van der Waals surface area contributed by atoms with Crippen LogP contribution in [0.1, 0.15) is 12.5 Å². The molecule has 4 rings (SSSR count). The van der Waals surface area contributed by atoms with Crippen LogP contribution in [-0.2, 0) is 16.0 Å². The van der Waals surface area contributed by atoms with Crippen LogP contribution in [-0.4, -0.2) is 29.2 Å². The van der Waals surface area contributed by atoms with Crippen molar-refractivity contribution in [2.75, 3.05) is 17.7 Å². The second-order valence-electron chi connectivity index (χ2n) is 7.86. The van der Waals surface area contributed by atoms with Gasteiger partial charge in [-0.15, -0.1) is 23.1 Å². The molecular weight excluding hydrogens is 514 g/mol. The molecule has 36 heavy (non-hydrogen) atoms. The summed E-state index contributed by atoms with van der Waals surface area (Å²) < 4.78 is 5.40. The molecule has 4 aromatic rings. The lowest BCUT2D eigenvalue weighted by atomic mass is 10.1. The Morgan fingerprint density at radius 2 is 1.75 bits per heavy atom. The molecule has 1 unspecified atom stereocenters. The largest absolute Gasteiger partial charge is 0.496 e. The molecule has 0 saturated heterocycles. The van der Waals surface area contributed by atoms with Gasteiger partial charge in [0.05, 0.1) is 24.5 Å². The van der Waals surface area contributed by atoms with E-state index in [9.17, 15) is 9.59 Å². The van der Waals surface area contributed by atoms with Gasteiger partial charge in [-0.05, 0) is 61.0 Å². The molecule has 184 valence electrons. The minimum absolute atomic E-state index is 0.110. The number of anilines is 2. The molecule has 6 nitrogen and oxygen atoms in total. The number of rotatable bonds is 9. The standard InChI is InChI=1S/C27H24ClN3O3S2/c1-17(26(33)31-27-30-23(16-35-27)22-5-3-4-6-24(22)34-2)36-21-13-11-20(12-14-21)29-25(32)15-18-7-9-19(28)10-8-18/h3-14,16-17H,15H2,1-2H3,(H,29,32)(H,30,31,33). The molecule has 1 heterocycles. The number of hydrogen-bond donors (Lipinski definition) is 2. The first kappa shape index (κ1) is 25.8. The van der Waals surface area contributed by atoms with Crippen molar-refractivity contribution in [2.24, 2.45) is 0 Å². The number of aromatic nitrogens is 1. The molecular formula is C27H24ClN3O3S2. The van der Waals surface area contributed by atoms with E-state index in [2.05, 4.69) is 15.6 Å². The lowest BCUT2D eigenvalue weighted by Crippen LogP contribution is -2.22. The van der Waals surface area contributed by atoms with Crippen LogP contribution >= 0.6 is 34.7 Å². The number of nitrogens with one attached hydrogen (secondary N) is 2. The highest BCUT2D eigenvalue weighted by atomic mass is 35.5. The second-order valence-corrected chi connectivity index (χ2v) is 10.6. The Bertz CT molecular complexity index is 1340. The number of ether oxygens (including phenoxy) is 1. The predicted molar refractivity (Wildman–Crippen MR) is 148 cm³/mol. The minimum Gasteiger partial charge on any atom is -0.496 e. The average molecular weight is 538 g/mol. The Kier molecular flexibility index (Phi) is 8.64. The van der Waals surface area contributed by atoms with Crippen LogP contribution in [0.25, 0.3) is 11.3 Å². The van der Waals surface area contributed by atoms with Crippen molar-refractivity contribution in [1.29, 1.82) is 0 Å². The third kappa shape index (κ3) is 6.87. The molecule has 0 aliphatic heterocycles. The molecule has 0 bridgehead atoms. The van der Waals surface area contributed by atoms with Crippen molar-refractivity contribution in [2.45, 2.75) is 23.5 Å². The van der Waals surface area contributed by atoms with Crippen molar-refractivity contribution in [3.63, 3.8) is 0 Å². The number of benzene rings is 3. The molecule has 3 aromatic carbocycles. The number of methoxy groups -OCH3 is 1. The molecule has 0 fully saturated rings. The van der Waals surface area contributed by atoms with E-state index >= 15 is 0 Å². The van der Waals surface area contributed by atoms with Gasteiger partial charge in [-0.2, -0.15) is 0 Å². The van der Waals surface area contributed by atoms with Crippen LogP contribution in [0, 0.1) is 0 Å². The number of amides is 2. The number of thioether (sulfide) groups is 1. The maximum atomic E-state index is 12.7. The van der Waals surface area contributed by atoms with Crippen molar-refractivity contribution < 1.29 is 14.3 Å². The first-order valence-corrected chi connectivity index (χ1v) is 13.3. The van der Waals surface area contributed by atoms with E-state index in [1.807, 2.05) is 73.0 Å².